The van der Waals surface area contributed by atoms with E-state index in [9.17, 15) is 75.0 Å². The van der Waals surface area contributed by atoms with E-state index in [0.29, 0.717) is 0 Å². The molecule has 0 bridgehead atoms. The minimum Gasteiger partial charge on any atom is -0.387 e. The van der Waals surface area contributed by atoms with E-state index in [1.165, 1.54) is 9.47 Å². The Balaban J connectivity index is 5.67. The minimum absolute atomic E-state index is 1.32. The summed E-state index contributed by atoms with van der Waals surface area (Å²) in [4.78, 5) is 9.99. The molecule has 0 aliphatic rings. The van der Waals surface area contributed by atoms with Crippen molar-refractivity contribution in [1.29, 1.82) is 0 Å². The summed E-state index contributed by atoms with van der Waals surface area (Å²) in [6.07, 6.45) is -50.0. The molecule has 0 aromatic rings. The fourth-order valence-corrected chi connectivity index (χ4v) is 0.792. The van der Waals surface area contributed by atoms with Crippen LogP contribution in [-0.2, 0) is 19.0 Å². The second-order valence-electron chi connectivity index (χ2n) is 4.17. The number of ether oxygens (including phenoxy) is 3. The Bertz CT molecular complexity index is 574. The van der Waals surface area contributed by atoms with Crippen molar-refractivity contribution < 1.29 is 89.3 Å². The molecule has 0 amide bonds. The molecule has 0 heterocycles. The van der Waals surface area contributed by atoms with Crippen molar-refractivity contribution >= 4 is 5.97 Å². The molecule has 0 aliphatic heterocycles. The number of esters is 1. The molecular formula is C8F16O4. The van der Waals surface area contributed by atoms with Crippen LogP contribution >= 0.6 is 0 Å². The topological polar surface area (TPSA) is 44.8 Å². The van der Waals surface area contributed by atoms with E-state index in [4.69, 9.17) is 0 Å². The lowest BCUT2D eigenvalue weighted by atomic mass is 10.5. The van der Waals surface area contributed by atoms with Gasteiger partial charge in [-0.25, -0.2) is 14.3 Å². The largest absolute Gasteiger partial charge is 0.496 e. The first-order valence-electron chi connectivity index (χ1n) is 5.45. The summed E-state index contributed by atoms with van der Waals surface area (Å²) in [5.74, 6) is -4.17. The molecule has 0 radical (unpaired) electrons. The number of rotatable bonds is 7. The molecule has 0 aromatic heterocycles. The van der Waals surface area contributed by atoms with E-state index < -0.39 is 48.9 Å². The Kier molecular flexibility index (Phi) is 6.52. The zero-order chi connectivity index (χ0) is 23.2. The zero-order valence-electron chi connectivity index (χ0n) is 11.7. The van der Waals surface area contributed by atoms with Crippen molar-refractivity contribution in [1.82, 2.24) is 0 Å². The van der Waals surface area contributed by atoms with Crippen molar-refractivity contribution in [2.75, 3.05) is 0 Å². The van der Waals surface area contributed by atoms with Crippen molar-refractivity contribution in [3.63, 3.8) is 0 Å². The molecule has 0 spiro atoms. The van der Waals surface area contributed by atoms with Crippen LogP contribution in [0, 0.1) is 0 Å². The number of halogens is 16. The first-order chi connectivity index (χ1) is 11.8. The highest BCUT2D eigenvalue weighted by molar-refractivity contribution is 5.75. The summed E-state index contributed by atoms with van der Waals surface area (Å²) in [6, 6.07) is 0. The molecule has 0 aromatic carbocycles. The summed E-state index contributed by atoms with van der Waals surface area (Å²) in [5, 5.41) is 0. The van der Waals surface area contributed by atoms with Crippen LogP contribution in [-0.4, -0.2) is 48.9 Å². The van der Waals surface area contributed by atoms with Gasteiger partial charge in [-0.3, -0.25) is 0 Å². The second-order valence-corrected chi connectivity index (χ2v) is 4.17. The second kappa shape index (κ2) is 6.95. The molecule has 0 saturated heterocycles. The van der Waals surface area contributed by atoms with E-state index in [-0.39, 0.29) is 0 Å². The first kappa shape index (κ1) is 26.3. The highest BCUT2D eigenvalue weighted by Crippen LogP contribution is 2.49. The van der Waals surface area contributed by atoms with Gasteiger partial charge < -0.3 is 4.74 Å². The standard InChI is InChI=1S/C8F16O4/c9-2(10,11)1(25)26-5(17,18)6(19,20)28-8(23,24)7(21,22)27-4(15,16)3(12,13)14. The van der Waals surface area contributed by atoms with Gasteiger partial charge in [0.1, 0.15) is 0 Å². The van der Waals surface area contributed by atoms with Crippen molar-refractivity contribution in [2.24, 2.45) is 0 Å². The number of hydrogen-bond donors (Lipinski definition) is 0. The number of alkyl halides is 16. The Morgan fingerprint density at radius 3 is 1.04 bits per heavy atom. The molecule has 0 aliphatic carbocycles. The highest BCUT2D eigenvalue weighted by Gasteiger charge is 2.76. The SMILES string of the molecule is O=C(OC(F)(F)C(F)(F)OC(F)(F)C(F)(F)OC(F)(F)C(F)(F)F)C(F)(F)F. The van der Waals surface area contributed by atoms with E-state index in [0.717, 1.165) is 0 Å². The molecule has 0 rings (SSSR count). The van der Waals surface area contributed by atoms with Gasteiger partial charge in [0.2, 0.25) is 0 Å². The van der Waals surface area contributed by atoms with Crippen LogP contribution in [0.3, 0.4) is 0 Å². The number of carbonyl (C=O) groups is 1. The molecule has 0 saturated carbocycles. The van der Waals surface area contributed by atoms with Crippen LogP contribution in [0.25, 0.3) is 0 Å². The maximum atomic E-state index is 12.7. The van der Waals surface area contributed by atoms with Gasteiger partial charge in [-0.1, -0.05) is 0 Å². The van der Waals surface area contributed by atoms with Crippen LogP contribution in [0.5, 0.6) is 0 Å². The van der Waals surface area contributed by atoms with Crippen LogP contribution in [0.15, 0.2) is 0 Å². The monoisotopic (exact) mass is 464 g/mol. The van der Waals surface area contributed by atoms with E-state index in [2.05, 4.69) is 0 Å². The lowest BCUT2D eigenvalue weighted by Crippen LogP contribution is -2.58. The summed E-state index contributed by atoms with van der Waals surface area (Å²) < 4.78 is 200. The van der Waals surface area contributed by atoms with Crippen molar-refractivity contribution in [3.8, 4) is 0 Å². The third-order valence-electron chi connectivity index (χ3n) is 1.97. The molecule has 0 N–H and O–H groups in total. The van der Waals surface area contributed by atoms with Gasteiger partial charge in [-0.15, -0.1) is 0 Å². The predicted molar refractivity (Wildman–Crippen MR) is 45.1 cm³/mol. The molecule has 168 valence electrons. The summed E-state index contributed by atoms with van der Waals surface area (Å²) >= 11 is 0. The van der Waals surface area contributed by atoms with Crippen LogP contribution < -0.4 is 0 Å². The van der Waals surface area contributed by atoms with E-state index in [1.54, 1.807) is 4.74 Å². The Morgan fingerprint density at radius 1 is 0.464 bits per heavy atom. The number of carbonyl (C=O) groups excluding carboxylic acids is 1. The number of hydrogen-bond acceptors (Lipinski definition) is 4. The third-order valence-corrected chi connectivity index (χ3v) is 1.97. The maximum Gasteiger partial charge on any atom is 0.496 e. The van der Waals surface area contributed by atoms with Crippen LogP contribution in [0.1, 0.15) is 0 Å². The Labute approximate surface area is 139 Å². The Morgan fingerprint density at radius 2 is 0.750 bits per heavy atom. The van der Waals surface area contributed by atoms with Crippen molar-refractivity contribution in [2.45, 2.75) is 42.9 Å². The van der Waals surface area contributed by atoms with Crippen LogP contribution in [0.4, 0.5) is 70.2 Å². The van der Waals surface area contributed by atoms with Gasteiger partial charge in [0, 0.05) is 0 Å². The summed E-state index contributed by atoms with van der Waals surface area (Å²) in [7, 11) is 0. The van der Waals surface area contributed by atoms with Gasteiger partial charge in [0.15, 0.2) is 0 Å². The molecule has 20 heteroatoms. The van der Waals surface area contributed by atoms with Gasteiger partial charge in [-0.05, 0) is 0 Å². The molecule has 0 atom stereocenters. The lowest BCUT2D eigenvalue weighted by molar-refractivity contribution is -0.556. The van der Waals surface area contributed by atoms with E-state index in [1.807, 2.05) is 0 Å². The molecule has 4 nitrogen and oxygen atoms in total. The molecular weight excluding hydrogens is 464 g/mol. The van der Waals surface area contributed by atoms with Crippen molar-refractivity contribution in [3.05, 3.63) is 0 Å². The highest BCUT2D eigenvalue weighted by atomic mass is 19.4. The van der Waals surface area contributed by atoms with Crippen LogP contribution in [0.2, 0.25) is 0 Å². The average Bonchev–Trinajstić information content (AvgIpc) is 2.32. The fourth-order valence-electron chi connectivity index (χ4n) is 0.792. The quantitative estimate of drug-likeness (QED) is 0.407. The minimum atomic E-state index is -7.46. The Hall–Kier alpha value is -1.73. The average molecular weight is 464 g/mol. The third kappa shape index (κ3) is 5.64. The molecule has 0 unspecified atom stereocenters. The maximum absolute atomic E-state index is 12.7. The molecule has 0 fully saturated rings. The van der Waals surface area contributed by atoms with Gasteiger partial charge in [0.25, 0.3) is 0 Å². The van der Waals surface area contributed by atoms with E-state index >= 15 is 0 Å². The zero-order valence-corrected chi connectivity index (χ0v) is 11.7. The first-order valence-corrected chi connectivity index (χ1v) is 5.45. The van der Waals surface area contributed by atoms with Gasteiger partial charge in [0.05, 0.1) is 0 Å². The molecule has 28 heavy (non-hydrogen) atoms. The predicted octanol–water partition coefficient (Wildman–Crippen LogP) is 4.65. The summed E-state index contributed by atoms with van der Waals surface area (Å²) in [5.41, 5.74) is 0. The summed E-state index contributed by atoms with van der Waals surface area (Å²) in [6.45, 7) is 0. The normalized spacial score (nSPS) is 15.6. The fraction of sp³-hybridized carbons (Fsp3) is 0.875. The van der Waals surface area contributed by atoms with Gasteiger partial charge in [-0.2, -0.15) is 70.2 Å². The lowest BCUT2D eigenvalue weighted by Gasteiger charge is -2.33. The van der Waals surface area contributed by atoms with Gasteiger partial charge >= 0.3 is 48.9 Å². The smallest absolute Gasteiger partial charge is 0.387 e.